The number of rotatable bonds is 3. The summed E-state index contributed by atoms with van der Waals surface area (Å²) in [6, 6.07) is 6.20. The molecule has 0 aliphatic carbocycles. The van der Waals surface area contributed by atoms with Crippen molar-refractivity contribution < 1.29 is 14.6 Å². The number of carboxylic acid groups (broad SMARTS) is 1. The van der Waals surface area contributed by atoms with Crippen LogP contribution in [0.3, 0.4) is 0 Å². The molecule has 0 bridgehead atoms. The van der Waals surface area contributed by atoms with Gasteiger partial charge in [-0.05, 0) is 31.5 Å². The molecule has 0 radical (unpaired) electrons. The number of aromatic carboxylic acids is 1. The summed E-state index contributed by atoms with van der Waals surface area (Å²) in [7, 11) is 1.55. The minimum Gasteiger partial charge on any atom is -0.496 e. The predicted molar refractivity (Wildman–Crippen MR) is 75.0 cm³/mol. The first-order valence-corrected chi connectivity index (χ1v) is 6.06. The molecule has 0 aliphatic rings. The number of methoxy groups -OCH3 is 1. The average Bonchev–Trinajstić information content (AvgIpc) is 2.40. The van der Waals surface area contributed by atoms with Crippen LogP contribution in [0.25, 0.3) is 5.69 Å². The lowest BCUT2D eigenvalue weighted by Crippen LogP contribution is -2.20. The van der Waals surface area contributed by atoms with E-state index in [0.29, 0.717) is 11.4 Å². The molecular weight excluding hydrogens is 258 g/mol. The quantitative estimate of drug-likeness (QED) is 0.930. The van der Waals surface area contributed by atoms with E-state index in [2.05, 4.69) is 0 Å². The summed E-state index contributed by atoms with van der Waals surface area (Å²) in [5.41, 5.74) is 2.09. The third-order valence-electron chi connectivity index (χ3n) is 3.20. The minimum absolute atomic E-state index is 0.0613. The van der Waals surface area contributed by atoms with E-state index < -0.39 is 5.97 Å². The Morgan fingerprint density at radius 3 is 2.50 bits per heavy atom. The second-order valence-electron chi connectivity index (χ2n) is 4.49. The van der Waals surface area contributed by atoms with E-state index in [1.807, 2.05) is 26.0 Å². The van der Waals surface area contributed by atoms with Gasteiger partial charge in [-0.2, -0.15) is 0 Å². The molecule has 0 atom stereocenters. The predicted octanol–water partition coefficient (Wildman–Crippen LogP) is 2.16. The fourth-order valence-corrected chi connectivity index (χ4v) is 2.20. The highest BCUT2D eigenvalue weighted by molar-refractivity contribution is 5.87. The van der Waals surface area contributed by atoms with Crippen LogP contribution in [0, 0.1) is 13.8 Å². The van der Waals surface area contributed by atoms with Gasteiger partial charge in [-0.25, -0.2) is 4.79 Å². The lowest BCUT2D eigenvalue weighted by atomic mass is 10.1. The monoisotopic (exact) mass is 273 g/mol. The molecule has 5 heteroatoms. The zero-order valence-electron chi connectivity index (χ0n) is 11.5. The van der Waals surface area contributed by atoms with Crippen molar-refractivity contribution in [3.8, 4) is 11.4 Å². The van der Waals surface area contributed by atoms with Gasteiger partial charge in [0.2, 0.25) is 0 Å². The number of aryl methyl sites for hydroxylation is 1. The number of aromatic nitrogens is 1. The number of hydrogen-bond donors (Lipinski definition) is 1. The Kier molecular flexibility index (Phi) is 3.61. The maximum Gasteiger partial charge on any atom is 0.337 e. The normalized spacial score (nSPS) is 10.3. The van der Waals surface area contributed by atoms with Crippen LogP contribution >= 0.6 is 0 Å². The highest BCUT2D eigenvalue weighted by Gasteiger charge is 2.13. The van der Waals surface area contributed by atoms with Crippen LogP contribution in [0.4, 0.5) is 0 Å². The molecule has 1 aromatic heterocycles. The number of hydrogen-bond acceptors (Lipinski definition) is 3. The third-order valence-corrected chi connectivity index (χ3v) is 3.20. The molecule has 5 nitrogen and oxygen atoms in total. The van der Waals surface area contributed by atoms with Gasteiger partial charge in [0.05, 0.1) is 18.4 Å². The molecule has 1 aromatic carbocycles. The van der Waals surface area contributed by atoms with E-state index in [4.69, 9.17) is 9.84 Å². The molecule has 20 heavy (non-hydrogen) atoms. The van der Waals surface area contributed by atoms with Crippen LogP contribution in [-0.2, 0) is 0 Å². The number of ether oxygens (including phenoxy) is 1. The van der Waals surface area contributed by atoms with Gasteiger partial charge in [-0.15, -0.1) is 0 Å². The Morgan fingerprint density at radius 2 is 1.90 bits per heavy atom. The van der Waals surface area contributed by atoms with Crippen molar-refractivity contribution in [2.24, 2.45) is 0 Å². The summed E-state index contributed by atoms with van der Waals surface area (Å²) in [5, 5.41) is 9.05. The number of carbonyl (C=O) groups is 1. The highest BCUT2D eigenvalue weighted by atomic mass is 16.5. The molecule has 0 saturated carbocycles. The van der Waals surface area contributed by atoms with Gasteiger partial charge in [0, 0.05) is 17.8 Å². The van der Waals surface area contributed by atoms with Gasteiger partial charge in [0.25, 0.3) is 5.56 Å². The molecule has 1 N–H and O–H groups in total. The summed E-state index contributed by atoms with van der Waals surface area (Å²) >= 11 is 0. The van der Waals surface area contributed by atoms with E-state index in [0.717, 1.165) is 11.1 Å². The van der Waals surface area contributed by atoms with Crippen LogP contribution in [-0.4, -0.2) is 22.8 Å². The molecule has 104 valence electrons. The minimum atomic E-state index is -1.07. The number of pyridine rings is 1. The van der Waals surface area contributed by atoms with Crippen LogP contribution in [0.15, 0.2) is 35.3 Å². The molecule has 2 rings (SSSR count). The van der Waals surface area contributed by atoms with E-state index >= 15 is 0 Å². The van der Waals surface area contributed by atoms with E-state index in [1.165, 1.54) is 22.9 Å². The number of nitrogens with zero attached hydrogens (tertiary/aromatic N) is 1. The van der Waals surface area contributed by atoms with Crippen molar-refractivity contribution in [2.75, 3.05) is 7.11 Å². The maximum atomic E-state index is 12.0. The Morgan fingerprint density at radius 1 is 1.20 bits per heavy atom. The SMILES string of the molecule is COc1ccc(C)c(-n2cc(C(=O)O)ccc2=O)c1C. The van der Waals surface area contributed by atoms with E-state index in [-0.39, 0.29) is 11.1 Å². The van der Waals surface area contributed by atoms with Crippen molar-refractivity contribution in [1.29, 1.82) is 0 Å². The van der Waals surface area contributed by atoms with Crippen LogP contribution in [0.5, 0.6) is 5.75 Å². The first-order chi connectivity index (χ1) is 9.45. The first kappa shape index (κ1) is 13.9. The van der Waals surface area contributed by atoms with E-state index in [1.54, 1.807) is 7.11 Å². The zero-order chi connectivity index (χ0) is 14.9. The first-order valence-electron chi connectivity index (χ1n) is 6.06. The molecule has 0 aliphatic heterocycles. The smallest absolute Gasteiger partial charge is 0.337 e. The van der Waals surface area contributed by atoms with Gasteiger partial charge in [-0.1, -0.05) is 6.07 Å². The molecule has 0 unspecified atom stereocenters. The van der Waals surface area contributed by atoms with E-state index in [9.17, 15) is 9.59 Å². The lowest BCUT2D eigenvalue weighted by molar-refractivity contribution is 0.0696. The average molecular weight is 273 g/mol. The number of carboxylic acids is 1. The summed E-state index contributed by atoms with van der Waals surface area (Å²) in [6.07, 6.45) is 1.33. The van der Waals surface area contributed by atoms with Crippen molar-refractivity contribution in [3.63, 3.8) is 0 Å². The summed E-state index contributed by atoms with van der Waals surface area (Å²) in [5.74, 6) is -0.421. The standard InChI is InChI=1S/C15H15NO4/c1-9-4-6-12(20-3)10(2)14(9)16-8-11(15(18)19)5-7-13(16)17/h4-8H,1-3H3,(H,18,19). The Bertz CT molecular complexity index is 731. The fourth-order valence-electron chi connectivity index (χ4n) is 2.20. The van der Waals surface area contributed by atoms with Crippen LogP contribution in [0.2, 0.25) is 0 Å². The van der Waals surface area contributed by atoms with Crippen LogP contribution in [0.1, 0.15) is 21.5 Å². The van der Waals surface area contributed by atoms with Gasteiger partial charge in [0.15, 0.2) is 0 Å². The van der Waals surface area contributed by atoms with Gasteiger partial charge < -0.3 is 9.84 Å². The molecular formula is C15H15NO4. The third kappa shape index (κ3) is 2.30. The molecule has 0 saturated heterocycles. The second kappa shape index (κ2) is 5.21. The zero-order valence-corrected chi connectivity index (χ0v) is 11.5. The molecule has 2 aromatic rings. The molecule has 0 fully saturated rings. The summed E-state index contributed by atoms with van der Waals surface area (Å²) in [6.45, 7) is 3.70. The molecule has 1 heterocycles. The topological polar surface area (TPSA) is 68.5 Å². The fraction of sp³-hybridized carbons (Fsp3) is 0.200. The van der Waals surface area contributed by atoms with Crippen LogP contribution < -0.4 is 10.3 Å². The Balaban J connectivity index is 2.77. The van der Waals surface area contributed by atoms with Crippen molar-refractivity contribution in [3.05, 3.63) is 57.5 Å². The second-order valence-corrected chi connectivity index (χ2v) is 4.49. The molecule has 0 amide bonds. The highest BCUT2D eigenvalue weighted by Crippen LogP contribution is 2.26. The van der Waals surface area contributed by atoms with Gasteiger partial charge in [-0.3, -0.25) is 9.36 Å². The summed E-state index contributed by atoms with van der Waals surface area (Å²) in [4.78, 5) is 23.1. The van der Waals surface area contributed by atoms with Crippen molar-refractivity contribution in [2.45, 2.75) is 13.8 Å². The molecule has 0 spiro atoms. The largest absolute Gasteiger partial charge is 0.496 e. The van der Waals surface area contributed by atoms with Gasteiger partial charge >= 0.3 is 5.97 Å². The van der Waals surface area contributed by atoms with Gasteiger partial charge in [0.1, 0.15) is 5.75 Å². The summed E-state index contributed by atoms with van der Waals surface area (Å²) < 4.78 is 6.59. The Hall–Kier alpha value is -2.56. The van der Waals surface area contributed by atoms with Crippen molar-refractivity contribution >= 4 is 5.97 Å². The number of benzene rings is 1. The lowest BCUT2D eigenvalue weighted by Gasteiger charge is -2.15. The van der Waals surface area contributed by atoms with Crippen molar-refractivity contribution in [1.82, 2.24) is 4.57 Å². The Labute approximate surface area is 116 Å². The maximum absolute atomic E-state index is 12.0.